The van der Waals surface area contributed by atoms with Crippen LogP contribution in [-0.2, 0) is 0 Å². The molecule has 0 aliphatic heterocycles. The van der Waals surface area contributed by atoms with E-state index in [0.717, 1.165) is 37.8 Å². The molecule has 8 heteroatoms. The van der Waals surface area contributed by atoms with Crippen molar-refractivity contribution >= 4 is 23.0 Å². The first kappa shape index (κ1) is 19.7. The van der Waals surface area contributed by atoms with Crippen LogP contribution < -0.4 is 10.2 Å². The van der Waals surface area contributed by atoms with Crippen molar-refractivity contribution in [3.8, 4) is 0 Å². The molecule has 0 saturated heterocycles. The van der Waals surface area contributed by atoms with E-state index in [9.17, 15) is 23.7 Å². The third-order valence-electron chi connectivity index (χ3n) is 5.06. The van der Waals surface area contributed by atoms with Gasteiger partial charge in [-0.2, -0.15) is 0 Å². The molecule has 6 nitrogen and oxygen atoms in total. The van der Waals surface area contributed by atoms with Gasteiger partial charge in [0.2, 0.25) is 0 Å². The lowest BCUT2D eigenvalue weighted by atomic mass is 9.94. The Morgan fingerprint density at radius 3 is 2.36 bits per heavy atom. The van der Waals surface area contributed by atoms with Gasteiger partial charge in [0.15, 0.2) is 0 Å². The average molecular weight is 389 g/mol. The maximum atomic E-state index is 13.3. The van der Waals surface area contributed by atoms with E-state index in [-0.39, 0.29) is 23.0 Å². The minimum absolute atomic E-state index is 0.0390. The lowest BCUT2D eigenvalue weighted by Crippen LogP contribution is -2.33. The molecular formula is C20H21F2N3O3. The van der Waals surface area contributed by atoms with Gasteiger partial charge >= 0.3 is 0 Å². The smallest absolute Gasteiger partial charge is 0.293 e. The van der Waals surface area contributed by atoms with Crippen LogP contribution in [0.1, 0.15) is 42.5 Å². The number of nitrogens with one attached hydrogen (secondary N) is 1. The molecule has 0 spiro atoms. The van der Waals surface area contributed by atoms with Crippen LogP contribution in [0.2, 0.25) is 0 Å². The van der Waals surface area contributed by atoms with E-state index in [1.807, 2.05) is 11.9 Å². The van der Waals surface area contributed by atoms with Gasteiger partial charge in [0.25, 0.3) is 11.6 Å². The predicted octanol–water partition coefficient (Wildman–Crippen LogP) is 4.89. The van der Waals surface area contributed by atoms with Gasteiger partial charge in [-0.05, 0) is 37.1 Å². The second kappa shape index (κ2) is 8.33. The van der Waals surface area contributed by atoms with Crippen LogP contribution in [0.3, 0.4) is 0 Å². The highest BCUT2D eigenvalue weighted by molar-refractivity contribution is 6.05. The number of nitro benzene ring substituents is 1. The Balaban J connectivity index is 1.85. The second-order valence-corrected chi connectivity index (χ2v) is 6.98. The van der Waals surface area contributed by atoms with Crippen molar-refractivity contribution in [2.75, 3.05) is 17.3 Å². The number of carbonyl (C=O) groups excluding carboxylic acids is 1. The largest absolute Gasteiger partial charge is 0.366 e. The Labute approximate surface area is 161 Å². The standard InChI is InChI=1S/C20H21F2N3O3/c1-24(17-5-3-2-4-6-17)18-8-7-13(9-19(18)25(27)28)20(26)23-16-11-14(21)10-15(22)12-16/h7-12,17H,2-6H2,1H3,(H,23,26). The van der Waals surface area contributed by atoms with E-state index < -0.39 is 22.5 Å². The van der Waals surface area contributed by atoms with E-state index in [1.165, 1.54) is 18.6 Å². The van der Waals surface area contributed by atoms with Gasteiger partial charge in [0, 0.05) is 36.5 Å². The van der Waals surface area contributed by atoms with E-state index in [4.69, 9.17) is 0 Å². The van der Waals surface area contributed by atoms with Crippen LogP contribution in [0.4, 0.5) is 25.8 Å². The number of nitrogens with zero attached hydrogens (tertiary/aromatic N) is 2. The Morgan fingerprint density at radius 1 is 1.11 bits per heavy atom. The van der Waals surface area contributed by atoms with Crippen LogP contribution in [0.5, 0.6) is 0 Å². The van der Waals surface area contributed by atoms with Crippen molar-refractivity contribution in [1.82, 2.24) is 0 Å². The fourth-order valence-corrected chi connectivity index (χ4v) is 3.60. The Hall–Kier alpha value is -3.03. The number of hydrogen-bond acceptors (Lipinski definition) is 4. The van der Waals surface area contributed by atoms with Gasteiger partial charge in [-0.15, -0.1) is 0 Å². The van der Waals surface area contributed by atoms with E-state index in [2.05, 4.69) is 5.32 Å². The van der Waals surface area contributed by atoms with Crippen LogP contribution in [0.15, 0.2) is 36.4 Å². The molecule has 3 rings (SSSR count). The molecular weight excluding hydrogens is 368 g/mol. The maximum absolute atomic E-state index is 13.3. The summed E-state index contributed by atoms with van der Waals surface area (Å²) in [5, 5.41) is 13.9. The highest BCUT2D eigenvalue weighted by Crippen LogP contribution is 2.33. The highest BCUT2D eigenvalue weighted by atomic mass is 19.1. The van der Waals surface area contributed by atoms with Crippen molar-refractivity contribution in [3.63, 3.8) is 0 Å². The second-order valence-electron chi connectivity index (χ2n) is 6.98. The first-order chi connectivity index (χ1) is 13.3. The SMILES string of the molecule is CN(c1ccc(C(=O)Nc2cc(F)cc(F)c2)cc1[N+](=O)[O-])C1CCCCC1. The number of nitro groups is 1. The first-order valence-electron chi connectivity index (χ1n) is 9.14. The number of rotatable bonds is 5. The molecule has 0 bridgehead atoms. The topological polar surface area (TPSA) is 75.5 Å². The highest BCUT2D eigenvalue weighted by Gasteiger charge is 2.25. The maximum Gasteiger partial charge on any atom is 0.293 e. The molecule has 0 unspecified atom stereocenters. The van der Waals surface area contributed by atoms with Crippen LogP contribution >= 0.6 is 0 Å². The summed E-state index contributed by atoms with van der Waals surface area (Å²) in [7, 11) is 1.83. The third-order valence-corrected chi connectivity index (χ3v) is 5.06. The molecule has 0 aromatic heterocycles. The summed E-state index contributed by atoms with van der Waals surface area (Å²) >= 11 is 0. The number of halogens is 2. The van der Waals surface area contributed by atoms with Gasteiger partial charge in [0.05, 0.1) is 4.92 Å². The molecule has 0 heterocycles. The fraction of sp³-hybridized carbons (Fsp3) is 0.350. The number of amides is 1. The van der Waals surface area contributed by atoms with Crippen LogP contribution in [0.25, 0.3) is 0 Å². The normalized spacial score (nSPS) is 14.5. The molecule has 2 aromatic carbocycles. The summed E-state index contributed by atoms with van der Waals surface area (Å²) in [6.45, 7) is 0. The lowest BCUT2D eigenvalue weighted by molar-refractivity contribution is -0.384. The first-order valence-corrected chi connectivity index (χ1v) is 9.14. The lowest BCUT2D eigenvalue weighted by Gasteiger charge is -2.32. The summed E-state index contributed by atoms with van der Waals surface area (Å²) in [5.41, 5.74) is 0.252. The zero-order valence-electron chi connectivity index (χ0n) is 15.5. The molecule has 1 amide bonds. The predicted molar refractivity (Wildman–Crippen MR) is 103 cm³/mol. The third kappa shape index (κ3) is 4.44. The van der Waals surface area contributed by atoms with Crippen molar-refractivity contribution in [1.29, 1.82) is 0 Å². The Morgan fingerprint density at radius 2 is 1.75 bits per heavy atom. The van der Waals surface area contributed by atoms with Gasteiger partial charge < -0.3 is 10.2 Å². The van der Waals surface area contributed by atoms with Crippen molar-refractivity contribution in [3.05, 3.63) is 63.7 Å². The van der Waals surface area contributed by atoms with Crippen LogP contribution in [0, 0.1) is 21.7 Å². The van der Waals surface area contributed by atoms with Crippen molar-refractivity contribution in [2.45, 2.75) is 38.1 Å². The molecule has 2 aromatic rings. The Kier molecular flexibility index (Phi) is 5.87. The van der Waals surface area contributed by atoms with E-state index in [1.54, 1.807) is 6.07 Å². The molecule has 1 saturated carbocycles. The number of benzene rings is 2. The monoisotopic (exact) mass is 389 g/mol. The minimum Gasteiger partial charge on any atom is -0.366 e. The summed E-state index contributed by atoms with van der Waals surface area (Å²) in [6, 6.07) is 7.08. The van der Waals surface area contributed by atoms with E-state index >= 15 is 0 Å². The van der Waals surface area contributed by atoms with Crippen LogP contribution in [-0.4, -0.2) is 23.9 Å². The van der Waals surface area contributed by atoms with Crippen molar-refractivity contribution in [2.24, 2.45) is 0 Å². The number of hydrogen-bond donors (Lipinski definition) is 1. The van der Waals surface area contributed by atoms with Gasteiger partial charge in [-0.25, -0.2) is 8.78 Å². The van der Waals surface area contributed by atoms with Gasteiger partial charge in [0.1, 0.15) is 17.3 Å². The molecule has 1 N–H and O–H groups in total. The molecule has 1 fully saturated rings. The zero-order valence-corrected chi connectivity index (χ0v) is 15.5. The zero-order chi connectivity index (χ0) is 20.3. The quantitative estimate of drug-likeness (QED) is 0.583. The number of carbonyl (C=O) groups is 1. The van der Waals surface area contributed by atoms with Gasteiger partial charge in [-0.3, -0.25) is 14.9 Å². The van der Waals surface area contributed by atoms with Gasteiger partial charge in [-0.1, -0.05) is 19.3 Å². The molecule has 148 valence electrons. The molecule has 28 heavy (non-hydrogen) atoms. The van der Waals surface area contributed by atoms with Crippen molar-refractivity contribution < 1.29 is 18.5 Å². The minimum atomic E-state index is -0.828. The Bertz CT molecular complexity index is 878. The average Bonchev–Trinajstić information content (AvgIpc) is 2.66. The molecule has 0 radical (unpaired) electrons. The van der Waals surface area contributed by atoms with E-state index in [0.29, 0.717) is 11.8 Å². The summed E-state index contributed by atoms with van der Waals surface area (Å²) < 4.78 is 26.6. The number of anilines is 2. The molecule has 1 aliphatic carbocycles. The summed E-state index contributed by atoms with van der Waals surface area (Å²) in [5.74, 6) is -2.34. The summed E-state index contributed by atoms with van der Waals surface area (Å²) in [6.07, 6.45) is 5.30. The fourth-order valence-electron chi connectivity index (χ4n) is 3.60. The molecule has 0 atom stereocenters. The summed E-state index contributed by atoms with van der Waals surface area (Å²) in [4.78, 5) is 25.4. The molecule has 1 aliphatic rings.